The normalized spacial score (nSPS) is 11.6. The zero-order valence-electron chi connectivity index (χ0n) is 15.6. The van der Waals surface area contributed by atoms with E-state index in [0.29, 0.717) is 23.6 Å². The van der Waals surface area contributed by atoms with Crippen LogP contribution < -0.4 is 10.9 Å². The van der Waals surface area contributed by atoms with E-state index in [-0.39, 0.29) is 11.5 Å². The Kier molecular flexibility index (Phi) is 5.26. The summed E-state index contributed by atoms with van der Waals surface area (Å²) in [6, 6.07) is 7.36. The summed E-state index contributed by atoms with van der Waals surface area (Å²) in [5, 5.41) is 7.77. The van der Waals surface area contributed by atoms with Crippen molar-refractivity contribution < 1.29 is 4.79 Å². The molecule has 8 heteroatoms. The molecule has 0 aliphatic carbocycles. The smallest absolute Gasteiger partial charge is 0.254 e. The Hall–Kier alpha value is -2.38. The highest BCUT2D eigenvalue weighted by Gasteiger charge is 2.27. The van der Waals surface area contributed by atoms with Gasteiger partial charge in [0.05, 0.1) is 16.6 Å². The lowest BCUT2D eigenvalue weighted by Crippen LogP contribution is -2.28. The number of aryl methyl sites for hydroxylation is 1. The lowest BCUT2D eigenvalue weighted by Gasteiger charge is -2.18. The molecule has 3 heterocycles. The zero-order valence-corrected chi connectivity index (χ0v) is 17.2. The van der Waals surface area contributed by atoms with Crippen molar-refractivity contribution in [3.63, 3.8) is 0 Å². The van der Waals surface area contributed by atoms with E-state index in [2.05, 4.69) is 15.4 Å². The Labute approximate surface area is 166 Å². The number of carbonyl (C=O) groups excluding carboxylic acids is 1. The summed E-state index contributed by atoms with van der Waals surface area (Å²) < 4.78 is 2.11. The number of rotatable bonds is 4. The van der Waals surface area contributed by atoms with Gasteiger partial charge in [0, 0.05) is 33.7 Å². The van der Waals surface area contributed by atoms with Crippen LogP contribution in [0.5, 0.6) is 0 Å². The van der Waals surface area contributed by atoms with Crippen molar-refractivity contribution in [3.05, 3.63) is 55.6 Å². The van der Waals surface area contributed by atoms with Crippen LogP contribution in [-0.2, 0) is 6.54 Å². The van der Waals surface area contributed by atoms with Gasteiger partial charge in [-0.25, -0.2) is 0 Å². The first-order chi connectivity index (χ1) is 12.6. The first-order valence-electron chi connectivity index (χ1n) is 8.48. The van der Waals surface area contributed by atoms with Crippen LogP contribution in [-0.4, -0.2) is 20.7 Å². The molecule has 0 aliphatic rings. The Morgan fingerprint density at radius 3 is 2.67 bits per heavy atom. The maximum atomic E-state index is 12.9. The lowest BCUT2D eigenvalue weighted by molar-refractivity contribution is 0.0752. The Bertz CT molecular complexity index is 1040. The average molecular weight is 405 g/mol. The molecule has 27 heavy (non-hydrogen) atoms. The van der Waals surface area contributed by atoms with E-state index in [1.165, 1.54) is 16.0 Å². The second-order valence-corrected chi connectivity index (χ2v) is 9.14. The van der Waals surface area contributed by atoms with Gasteiger partial charge in [-0.05, 0) is 25.1 Å². The van der Waals surface area contributed by atoms with Gasteiger partial charge in [-0.1, -0.05) is 32.4 Å². The predicted octanol–water partition coefficient (Wildman–Crippen LogP) is 4.56. The Morgan fingerprint density at radius 1 is 1.33 bits per heavy atom. The maximum Gasteiger partial charge on any atom is 0.254 e. The van der Waals surface area contributed by atoms with Crippen molar-refractivity contribution in [2.75, 3.05) is 5.32 Å². The fraction of sp³-hybridized carbons (Fsp3) is 0.316. The van der Waals surface area contributed by atoms with Crippen molar-refractivity contribution in [2.24, 2.45) is 5.41 Å². The van der Waals surface area contributed by atoms with Crippen LogP contribution >= 0.6 is 22.9 Å². The van der Waals surface area contributed by atoms with E-state index >= 15 is 0 Å². The number of carbonyl (C=O) groups is 1. The van der Waals surface area contributed by atoms with Crippen LogP contribution in [0, 0.1) is 12.3 Å². The molecule has 0 unspecified atom stereocenters. The quantitative estimate of drug-likeness (QED) is 0.668. The third-order valence-corrected chi connectivity index (χ3v) is 5.23. The first-order valence-corrected chi connectivity index (χ1v) is 9.67. The van der Waals surface area contributed by atoms with Crippen molar-refractivity contribution in [2.45, 2.75) is 34.2 Å². The average Bonchev–Trinajstić information content (AvgIpc) is 3.20. The van der Waals surface area contributed by atoms with Crippen LogP contribution in [0.4, 0.5) is 5.82 Å². The van der Waals surface area contributed by atoms with Gasteiger partial charge in [-0.3, -0.25) is 9.59 Å². The molecule has 142 valence electrons. The van der Waals surface area contributed by atoms with E-state index in [1.807, 2.05) is 39.0 Å². The number of pyridine rings is 1. The van der Waals surface area contributed by atoms with E-state index in [0.717, 1.165) is 14.8 Å². The van der Waals surface area contributed by atoms with Gasteiger partial charge in [0.2, 0.25) is 0 Å². The summed E-state index contributed by atoms with van der Waals surface area (Å²) in [6.45, 7) is 7.82. The summed E-state index contributed by atoms with van der Waals surface area (Å²) in [6.07, 6.45) is 1.60. The van der Waals surface area contributed by atoms with E-state index in [9.17, 15) is 9.59 Å². The number of aromatic amines is 1. The molecule has 3 aromatic heterocycles. The second-order valence-electron chi connectivity index (χ2n) is 7.34. The summed E-state index contributed by atoms with van der Waals surface area (Å²) in [4.78, 5) is 28.2. The molecular weight excluding hydrogens is 384 g/mol. The number of hydrogen-bond donors (Lipinski definition) is 2. The van der Waals surface area contributed by atoms with Crippen LogP contribution in [0.25, 0.3) is 11.3 Å². The second kappa shape index (κ2) is 7.32. The fourth-order valence-corrected chi connectivity index (χ4v) is 3.52. The van der Waals surface area contributed by atoms with Gasteiger partial charge in [0.25, 0.3) is 11.5 Å². The number of hydrogen-bond acceptors (Lipinski definition) is 5. The standard InChI is InChI=1S/C19H21ClN4O2S/c1-11-7-12(9-22-17(11)25)14-8-16(21-10-13-5-6-15(20)27-13)24(23-14)18(26)19(2,3)4/h5-9,21H,10H2,1-4H3,(H,22,25). The van der Waals surface area contributed by atoms with Gasteiger partial charge in [-0.15, -0.1) is 11.3 Å². The summed E-state index contributed by atoms with van der Waals surface area (Å²) in [7, 11) is 0. The van der Waals surface area contributed by atoms with Crippen LogP contribution in [0.1, 0.15) is 36.0 Å². The number of nitrogens with one attached hydrogen (secondary N) is 2. The van der Waals surface area contributed by atoms with Crippen LogP contribution in [0.2, 0.25) is 4.34 Å². The maximum absolute atomic E-state index is 12.9. The molecule has 0 saturated heterocycles. The highest BCUT2D eigenvalue weighted by Crippen LogP contribution is 2.27. The monoisotopic (exact) mass is 404 g/mol. The van der Waals surface area contributed by atoms with E-state index in [1.54, 1.807) is 19.2 Å². The molecule has 0 spiro atoms. The zero-order chi connectivity index (χ0) is 19.8. The van der Waals surface area contributed by atoms with E-state index < -0.39 is 5.41 Å². The SMILES string of the molecule is Cc1cc(-c2cc(NCc3ccc(Cl)s3)n(C(=O)C(C)(C)C)n2)c[nH]c1=O. The van der Waals surface area contributed by atoms with Gasteiger partial charge in [0.1, 0.15) is 5.82 Å². The van der Waals surface area contributed by atoms with Gasteiger partial charge < -0.3 is 10.3 Å². The number of anilines is 1. The predicted molar refractivity (Wildman–Crippen MR) is 110 cm³/mol. The largest absolute Gasteiger partial charge is 0.365 e. The fourth-order valence-electron chi connectivity index (χ4n) is 2.49. The third kappa shape index (κ3) is 4.31. The lowest BCUT2D eigenvalue weighted by atomic mass is 9.96. The molecule has 0 amide bonds. The van der Waals surface area contributed by atoms with Crippen LogP contribution in [0.3, 0.4) is 0 Å². The third-order valence-electron chi connectivity index (χ3n) is 4.00. The summed E-state index contributed by atoms with van der Waals surface area (Å²) in [5.74, 6) is 0.472. The molecule has 0 fully saturated rings. The highest BCUT2D eigenvalue weighted by molar-refractivity contribution is 7.16. The molecule has 2 N–H and O–H groups in total. The van der Waals surface area contributed by atoms with Crippen molar-refractivity contribution in [3.8, 4) is 11.3 Å². The molecule has 0 aliphatic heterocycles. The first kappa shape index (κ1) is 19.4. The number of H-pyrrole nitrogens is 1. The molecule has 0 aromatic carbocycles. The number of nitrogens with zero attached hydrogens (tertiary/aromatic N) is 2. The minimum Gasteiger partial charge on any atom is -0.365 e. The van der Waals surface area contributed by atoms with Gasteiger partial charge in [0.15, 0.2) is 0 Å². The molecule has 0 saturated carbocycles. The molecule has 0 radical (unpaired) electrons. The molecule has 6 nitrogen and oxygen atoms in total. The highest BCUT2D eigenvalue weighted by atomic mass is 35.5. The molecular formula is C19H21ClN4O2S. The minimum absolute atomic E-state index is 0.124. The summed E-state index contributed by atoms with van der Waals surface area (Å²) >= 11 is 7.47. The molecule has 3 rings (SSSR count). The Morgan fingerprint density at radius 2 is 2.07 bits per heavy atom. The Balaban J connectivity index is 1.98. The number of halogens is 1. The van der Waals surface area contributed by atoms with E-state index in [4.69, 9.17) is 11.6 Å². The van der Waals surface area contributed by atoms with Crippen molar-refractivity contribution >= 4 is 34.7 Å². The topological polar surface area (TPSA) is 79.8 Å². The van der Waals surface area contributed by atoms with Gasteiger partial charge >= 0.3 is 0 Å². The van der Waals surface area contributed by atoms with Crippen molar-refractivity contribution in [1.29, 1.82) is 0 Å². The van der Waals surface area contributed by atoms with Crippen molar-refractivity contribution in [1.82, 2.24) is 14.8 Å². The van der Waals surface area contributed by atoms with Gasteiger partial charge in [-0.2, -0.15) is 9.78 Å². The van der Waals surface area contributed by atoms with Crippen LogP contribution in [0.15, 0.2) is 35.3 Å². The summed E-state index contributed by atoms with van der Waals surface area (Å²) in [5.41, 5.74) is 1.21. The molecule has 0 atom stereocenters. The minimum atomic E-state index is -0.590. The number of thiophene rings is 1. The molecule has 3 aromatic rings. The number of aromatic nitrogens is 3. The molecule has 0 bridgehead atoms.